The van der Waals surface area contributed by atoms with Crippen LogP contribution in [0.15, 0.2) is 0 Å². The van der Waals surface area contributed by atoms with E-state index in [0.29, 0.717) is 5.91 Å². The van der Waals surface area contributed by atoms with Crippen molar-refractivity contribution in [2.45, 2.75) is 65.3 Å². The van der Waals surface area contributed by atoms with Gasteiger partial charge >= 0.3 is 0 Å². The zero-order valence-electron chi connectivity index (χ0n) is 15.7. The van der Waals surface area contributed by atoms with Crippen LogP contribution in [0, 0.1) is 25.2 Å². The van der Waals surface area contributed by atoms with Crippen molar-refractivity contribution in [1.29, 1.82) is 0 Å². The van der Waals surface area contributed by atoms with E-state index in [1.165, 1.54) is 42.7 Å². The number of aromatic nitrogens is 1. The molecular weight excluding hydrogens is 330 g/mol. The molecule has 4 nitrogen and oxygen atoms in total. The molecule has 138 valence electrons. The van der Waals surface area contributed by atoms with Crippen molar-refractivity contribution in [2.24, 2.45) is 11.3 Å². The second-order valence-corrected chi connectivity index (χ2v) is 9.81. The molecule has 1 atom stereocenters. The van der Waals surface area contributed by atoms with Crippen molar-refractivity contribution in [2.75, 3.05) is 26.2 Å². The van der Waals surface area contributed by atoms with Crippen molar-refractivity contribution < 1.29 is 4.79 Å². The predicted octanol–water partition coefficient (Wildman–Crippen LogP) is 3.76. The maximum atomic E-state index is 13.0. The molecule has 0 radical (unpaired) electrons. The molecule has 0 N–H and O–H groups in total. The fraction of sp³-hybridized carbons (Fsp3) is 0.800. The number of rotatable bonds is 4. The van der Waals surface area contributed by atoms with Crippen LogP contribution in [0.5, 0.6) is 0 Å². The molecular formula is C20H31N3OS. The lowest BCUT2D eigenvalue weighted by atomic mass is 9.71. The van der Waals surface area contributed by atoms with E-state index >= 15 is 0 Å². The first-order valence-corrected chi connectivity index (χ1v) is 10.8. The molecule has 3 heterocycles. The summed E-state index contributed by atoms with van der Waals surface area (Å²) >= 11 is 1.81. The molecule has 25 heavy (non-hydrogen) atoms. The fourth-order valence-electron chi connectivity index (χ4n) is 5.17. The number of thiazole rings is 1. The zero-order valence-corrected chi connectivity index (χ0v) is 16.5. The first kappa shape index (κ1) is 17.5. The normalized spacial score (nSPS) is 28.6. The van der Waals surface area contributed by atoms with Crippen molar-refractivity contribution in [1.82, 2.24) is 14.8 Å². The fourth-order valence-corrected chi connectivity index (χ4v) is 6.15. The van der Waals surface area contributed by atoms with Gasteiger partial charge in [-0.2, -0.15) is 0 Å². The number of carbonyl (C=O) groups is 1. The number of aryl methyl sites for hydroxylation is 2. The van der Waals surface area contributed by atoms with Gasteiger partial charge in [-0.05, 0) is 52.0 Å². The van der Waals surface area contributed by atoms with Crippen LogP contribution in [0.4, 0.5) is 0 Å². The van der Waals surface area contributed by atoms with Gasteiger partial charge in [-0.1, -0.05) is 19.3 Å². The molecule has 1 aromatic rings. The Morgan fingerprint density at radius 1 is 1.16 bits per heavy atom. The van der Waals surface area contributed by atoms with Gasteiger partial charge in [0.05, 0.1) is 16.1 Å². The first-order valence-electron chi connectivity index (χ1n) is 10.0. The van der Waals surface area contributed by atoms with Gasteiger partial charge in [0.2, 0.25) is 5.91 Å². The van der Waals surface area contributed by atoms with E-state index in [2.05, 4.69) is 28.6 Å². The summed E-state index contributed by atoms with van der Waals surface area (Å²) in [5.74, 6) is 1.21. The van der Waals surface area contributed by atoms with Crippen LogP contribution < -0.4 is 0 Å². The van der Waals surface area contributed by atoms with Gasteiger partial charge in [0.1, 0.15) is 0 Å². The molecule has 4 rings (SSSR count). The van der Waals surface area contributed by atoms with Gasteiger partial charge < -0.3 is 4.90 Å². The second kappa shape index (κ2) is 6.99. The van der Waals surface area contributed by atoms with Gasteiger partial charge in [0.25, 0.3) is 0 Å². The Balaban J connectivity index is 1.35. The van der Waals surface area contributed by atoms with E-state index < -0.39 is 0 Å². The molecule has 3 aliphatic rings. The smallest absolute Gasteiger partial charge is 0.231 e. The minimum Gasteiger partial charge on any atom is -0.341 e. The highest BCUT2D eigenvalue weighted by Crippen LogP contribution is 2.42. The van der Waals surface area contributed by atoms with Crippen LogP contribution >= 0.6 is 11.3 Å². The number of carbonyl (C=O) groups excluding carboxylic acids is 1. The Morgan fingerprint density at radius 2 is 1.96 bits per heavy atom. The average molecular weight is 362 g/mol. The molecule has 0 unspecified atom stereocenters. The van der Waals surface area contributed by atoms with Crippen LogP contribution in [0.3, 0.4) is 0 Å². The third kappa shape index (κ3) is 3.50. The quantitative estimate of drug-likeness (QED) is 0.766. The number of hydrogen-bond acceptors (Lipinski definition) is 4. The lowest BCUT2D eigenvalue weighted by molar-refractivity contribution is -0.167. The average Bonchev–Trinajstić information content (AvgIpc) is 2.93. The van der Waals surface area contributed by atoms with E-state index in [0.717, 1.165) is 56.5 Å². The predicted molar refractivity (Wildman–Crippen MR) is 102 cm³/mol. The molecule has 1 aliphatic carbocycles. The number of piperidine rings is 1. The van der Waals surface area contributed by atoms with Gasteiger partial charge in [-0.3, -0.25) is 9.69 Å². The number of hydrogen-bond donors (Lipinski definition) is 0. The van der Waals surface area contributed by atoms with Crippen LogP contribution in [-0.2, 0) is 11.3 Å². The Labute approximate surface area is 155 Å². The van der Waals surface area contributed by atoms with Crippen LogP contribution in [0.25, 0.3) is 0 Å². The molecule has 0 bridgehead atoms. The Hall–Kier alpha value is -0.940. The number of nitrogens with zero attached hydrogens (tertiary/aromatic N) is 3. The SMILES string of the molecule is Cc1nc(C)c(CN2CCC[C@@]3(C2)CN(CC2CCCCC2)C3=O)s1. The van der Waals surface area contributed by atoms with E-state index in [1.807, 2.05) is 11.3 Å². The third-order valence-corrected chi connectivity index (χ3v) is 7.52. The molecule has 1 spiro atoms. The largest absolute Gasteiger partial charge is 0.341 e. The Bertz CT molecular complexity index is 637. The van der Waals surface area contributed by atoms with Gasteiger partial charge in [-0.25, -0.2) is 4.98 Å². The molecule has 5 heteroatoms. The van der Waals surface area contributed by atoms with E-state index in [4.69, 9.17) is 0 Å². The molecule has 2 saturated heterocycles. The van der Waals surface area contributed by atoms with Gasteiger partial charge in [0, 0.05) is 31.1 Å². The summed E-state index contributed by atoms with van der Waals surface area (Å²) in [6.07, 6.45) is 9.00. The van der Waals surface area contributed by atoms with E-state index in [-0.39, 0.29) is 5.41 Å². The highest BCUT2D eigenvalue weighted by molar-refractivity contribution is 7.11. The summed E-state index contributed by atoms with van der Waals surface area (Å²) in [5.41, 5.74) is 1.10. The summed E-state index contributed by atoms with van der Waals surface area (Å²) in [6.45, 7) is 9.25. The van der Waals surface area contributed by atoms with Crippen LogP contribution in [-0.4, -0.2) is 46.9 Å². The van der Waals surface area contributed by atoms with Crippen molar-refractivity contribution in [3.05, 3.63) is 15.6 Å². The number of amides is 1. The summed E-state index contributed by atoms with van der Waals surface area (Å²) in [6, 6.07) is 0. The topological polar surface area (TPSA) is 36.4 Å². The summed E-state index contributed by atoms with van der Waals surface area (Å²) < 4.78 is 0. The summed E-state index contributed by atoms with van der Waals surface area (Å²) in [4.78, 5) is 23.6. The zero-order chi connectivity index (χ0) is 17.4. The maximum absolute atomic E-state index is 13.0. The van der Waals surface area contributed by atoms with E-state index in [1.54, 1.807) is 0 Å². The highest BCUT2D eigenvalue weighted by atomic mass is 32.1. The first-order chi connectivity index (χ1) is 12.1. The van der Waals surface area contributed by atoms with Crippen molar-refractivity contribution in [3.8, 4) is 0 Å². The second-order valence-electron chi connectivity index (χ2n) is 8.53. The maximum Gasteiger partial charge on any atom is 0.231 e. The lowest BCUT2D eigenvalue weighted by Crippen LogP contribution is -2.67. The summed E-state index contributed by atoms with van der Waals surface area (Å²) in [5, 5.41) is 1.15. The molecule has 2 aliphatic heterocycles. The monoisotopic (exact) mass is 361 g/mol. The molecule has 1 amide bonds. The minimum atomic E-state index is -0.0689. The Kier molecular flexibility index (Phi) is 4.89. The van der Waals surface area contributed by atoms with Crippen molar-refractivity contribution in [3.63, 3.8) is 0 Å². The Morgan fingerprint density at radius 3 is 2.64 bits per heavy atom. The summed E-state index contributed by atoms with van der Waals surface area (Å²) in [7, 11) is 0. The standard InChI is InChI=1S/C20H31N3OS/c1-15-18(25-16(2)21-15)12-22-10-6-9-20(13-22)14-23(19(20)24)11-17-7-4-3-5-8-17/h17H,3-14H2,1-2H3/t20-/m1/s1. The van der Waals surface area contributed by atoms with Gasteiger partial charge in [0.15, 0.2) is 0 Å². The minimum absolute atomic E-state index is 0.0689. The van der Waals surface area contributed by atoms with Crippen molar-refractivity contribution >= 4 is 17.2 Å². The number of likely N-dealkylation sites (tertiary alicyclic amines) is 2. The molecule has 1 aromatic heterocycles. The van der Waals surface area contributed by atoms with E-state index in [9.17, 15) is 4.79 Å². The van der Waals surface area contributed by atoms with Gasteiger partial charge in [-0.15, -0.1) is 11.3 Å². The van der Waals surface area contributed by atoms with Crippen LogP contribution in [0.1, 0.15) is 60.5 Å². The highest BCUT2D eigenvalue weighted by Gasteiger charge is 2.53. The van der Waals surface area contributed by atoms with Crippen LogP contribution in [0.2, 0.25) is 0 Å². The molecule has 1 saturated carbocycles. The third-order valence-electron chi connectivity index (χ3n) is 6.46. The molecule has 3 fully saturated rings. The molecule has 0 aromatic carbocycles. The lowest BCUT2D eigenvalue weighted by Gasteiger charge is -2.54. The number of β-lactam (4-membered cyclic amide) rings is 1.